The van der Waals surface area contributed by atoms with Crippen LogP contribution in [0.25, 0.3) is 0 Å². The van der Waals surface area contributed by atoms with Gasteiger partial charge in [0.05, 0.1) is 9.79 Å². The third kappa shape index (κ3) is 3.67. The van der Waals surface area contributed by atoms with Crippen LogP contribution < -0.4 is 5.32 Å². The molecule has 0 saturated carbocycles. The minimum Gasteiger partial charge on any atom is -0.326 e. The van der Waals surface area contributed by atoms with Gasteiger partial charge in [-0.05, 0) is 42.5 Å². The summed E-state index contributed by atoms with van der Waals surface area (Å²) in [4.78, 5) is 11.9. The number of hydrogen-bond acceptors (Lipinski definition) is 3. The summed E-state index contributed by atoms with van der Waals surface area (Å²) in [5, 5.41) is 3.08. The number of rotatable bonds is 4. The minimum atomic E-state index is -3.62. The highest BCUT2D eigenvalue weighted by molar-refractivity contribution is 7.91. The topological polar surface area (TPSA) is 63.2 Å². The van der Waals surface area contributed by atoms with Crippen molar-refractivity contribution in [2.24, 2.45) is 5.92 Å². The van der Waals surface area contributed by atoms with E-state index >= 15 is 0 Å². The number of sulfone groups is 1. The molecule has 0 spiro atoms. The van der Waals surface area contributed by atoms with Gasteiger partial charge in [0.15, 0.2) is 0 Å². The maximum atomic E-state index is 12.5. The van der Waals surface area contributed by atoms with E-state index in [1.165, 1.54) is 24.3 Å². The van der Waals surface area contributed by atoms with E-state index in [1.807, 2.05) is 0 Å². The van der Waals surface area contributed by atoms with E-state index in [2.05, 4.69) is 5.32 Å². The summed E-state index contributed by atoms with van der Waals surface area (Å²) in [6, 6.07) is 12.2. The van der Waals surface area contributed by atoms with Crippen LogP contribution in [0, 0.1) is 5.92 Å². The fourth-order valence-electron chi connectivity index (χ4n) is 1.77. The lowest BCUT2D eigenvalue weighted by Gasteiger charge is -2.09. The zero-order valence-corrected chi connectivity index (χ0v) is 13.8. The Morgan fingerprint density at radius 1 is 1.05 bits per heavy atom. The van der Waals surface area contributed by atoms with Gasteiger partial charge < -0.3 is 5.32 Å². The third-order valence-electron chi connectivity index (χ3n) is 3.06. The van der Waals surface area contributed by atoms with Gasteiger partial charge in [-0.3, -0.25) is 4.79 Å². The van der Waals surface area contributed by atoms with Gasteiger partial charge in [-0.2, -0.15) is 0 Å². The second-order valence-electron chi connectivity index (χ2n) is 5.13. The molecule has 0 radical (unpaired) electrons. The van der Waals surface area contributed by atoms with E-state index in [0.29, 0.717) is 10.7 Å². The van der Waals surface area contributed by atoms with Gasteiger partial charge in [0.1, 0.15) is 0 Å². The van der Waals surface area contributed by atoms with Crippen molar-refractivity contribution in [1.29, 1.82) is 0 Å². The summed E-state index contributed by atoms with van der Waals surface area (Å²) in [5.41, 5.74) is 0.559. The molecule has 22 heavy (non-hydrogen) atoms. The Balaban J connectivity index is 2.28. The summed E-state index contributed by atoms with van der Waals surface area (Å²) < 4.78 is 25.0. The molecule has 0 aliphatic rings. The molecule has 2 rings (SSSR count). The van der Waals surface area contributed by atoms with Crippen molar-refractivity contribution in [3.05, 3.63) is 53.6 Å². The predicted octanol–water partition coefficient (Wildman–Crippen LogP) is 3.77. The molecule has 1 amide bonds. The SMILES string of the molecule is CC(C)C(=O)Nc1ccc(S(=O)(=O)c2cccc(Cl)c2)cc1. The van der Waals surface area contributed by atoms with Crippen LogP contribution in [-0.2, 0) is 14.6 Å². The van der Waals surface area contributed by atoms with Crippen LogP contribution in [0.2, 0.25) is 5.02 Å². The number of carbonyl (C=O) groups is 1. The summed E-state index contributed by atoms with van der Waals surface area (Å²) in [7, 11) is -3.62. The highest BCUT2D eigenvalue weighted by atomic mass is 35.5. The smallest absolute Gasteiger partial charge is 0.226 e. The molecule has 6 heteroatoms. The van der Waals surface area contributed by atoms with Crippen LogP contribution in [0.5, 0.6) is 0 Å². The predicted molar refractivity (Wildman–Crippen MR) is 86.8 cm³/mol. The molecule has 0 aromatic heterocycles. The Kier molecular flexibility index (Phi) is 4.88. The normalized spacial score (nSPS) is 11.5. The van der Waals surface area contributed by atoms with Crippen LogP contribution in [0.3, 0.4) is 0 Å². The van der Waals surface area contributed by atoms with Crippen molar-refractivity contribution in [3.8, 4) is 0 Å². The van der Waals surface area contributed by atoms with Crippen LogP contribution in [0.1, 0.15) is 13.8 Å². The summed E-state index contributed by atoms with van der Waals surface area (Å²) >= 11 is 5.84. The Labute approximate surface area is 135 Å². The van der Waals surface area contributed by atoms with Crippen molar-refractivity contribution >= 4 is 33.0 Å². The molecule has 2 aromatic carbocycles. The van der Waals surface area contributed by atoms with E-state index in [4.69, 9.17) is 11.6 Å². The van der Waals surface area contributed by atoms with Gasteiger partial charge in [0, 0.05) is 16.6 Å². The highest BCUT2D eigenvalue weighted by Crippen LogP contribution is 2.24. The monoisotopic (exact) mass is 337 g/mol. The van der Waals surface area contributed by atoms with Crippen molar-refractivity contribution in [3.63, 3.8) is 0 Å². The lowest BCUT2D eigenvalue weighted by atomic mass is 10.2. The molecule has 116 valence electrons. The lowest BCUT2D eigenvalue weighted by Crippen LogP contribution is -2.17. The first-order chi connectivity index (χ1) is 10.3. The average Bonchev–Trinajstić information content (AvgIpc) is 2.47. The van der Waals surface area contributed by atoms with Gasteiger partial charge in [0.25, 0.3) is 0 Å². The van der Waals surface area contributed by atoms with Gasteiger partial charge in [0.2, 0.25) is 15.7 Å². The molecular weight excluding hydrogens is 322 g/mol. The third-order valence-corrected chi connectivity index (χ3v) is 5.07. The standard InChI is InChI=1S/C16H16ClNO3S/c1-11(2)16(19)18-13-6-8-14(9-7-13)22(20,21)15-5-3-4-12(17)10-15/h3-11H,1-2H3,(H,18,19). The number of benzene rings is 2. The maximum Gasteiger partial charge on any atom is 0.226 e. The number of hydrogen-bond donors (Lipinski definition) is 1. The van der Waals surface area contributed by atoms with E-state index in [-0.39, 0.29) is 21.6 Å². The molecule has 0 saturated heterocycles. The first kappa shape index (κ1) is 16.5. The van der Waals surface area contributed by atoms with Crippen molar-refractivity contribution in [2.45, 2.75) is 23.6 Å². The van der Waals surface area contributed by atoms with Crippen LogP contribution in [0.15, 0.2) is 58.3 Å². The second kappa shape index (κ2) is 6.50. The van der Waals surface area contributed by atoms with Gasteiger partial charge in [-0.1, -0.05) is 31.5 Å². The fraction of sp³-hybridized carbons (Fsp3) is 0.188. The fourth-order valence-corrected chi connectivity index (χ4v) is 3.34. The molecule has 0 aliphatic heterocycles. The molecule has 0 atom stereocenters. The summed E-state index contributed by atoms with van der Waals surface area (Å²) in [6.07, 6.45) is 0. The van der Waals surface area contributed by atoms with Crippen molar-refractivity contribution in [2.75, 3.05) is 5.32 Å². The molecule has 0 heterocycles. The Morgan fingerprint density at radius 2 is 1.68 bits per heavy atom. The van der Waals surface area contributed by atoms with Crippen LogP contribution >= 0.6 is 11.6 Å². The molecule has 1 N–H and O–H groups in total. The molecular formula is C16H16ClNO3S. The van der Waals surface area contributed by atoms with Crippen molar-refractivity contribution in [1.82, 2.24) is 0 Å². The number of carbonyl (C=O) groups excluding carboxylic acids is 1. The number of nitrogens with one attached hydrogen (secondary N) is 1. The largest absolute Gasteiger partial charge is 0.326 e. The van der Waals surface area contributed by atoms with E-state index in [0.717, 1.165) is 0 Å². The molecule has 0 fully saturated rings. The van der Waals surface area contributed by atoms with E-state index in [9.17, 15) is 13.2 Å². The summed E-state index contributed by atoms with van der Waals surface area (Å²) in [5.74, 6) is -0.264. The molecule has 0 unspecified atom stereocenters. The summed E-state index contributed by atoms with van der Waals surface area (Å²) in [6.45, 7) is 3.57. The average molecular weight is 338 g/mol. The van der Waals surface area contributed by atoms with Crippen LogP contribution in [0.4, 0.5) is 5.69 Å². The Hall–Kier alpha value is -1.85. The molecule has 4 nitrogen and oxygen atoms in total. The lowest BCUT2D eigenvalue weighted by molar-refractivity contribution is -0.118. The van der Waals surface area contributed by atoms with Gasteiger partial charge >= 0.3 is 0 Å². The van der Waals surface area contributed by atoms with E-state index < -0.39 is 9.84 Å². The Bertz CT molecular complexity index is 783. The second-order valence-corrected chi connectivity index (χ2v) is 7.52. The Morgan fingerprint density at radius 3 is 2.23 bits per heavy atom. The number of anilines is 1. The number of halogens is 1. The van der Waals surface area contributed by atoms with Gasteiger partial charge in [-0.15, -0.1) is 0 Å². The minimum absolute atomic E-state index is 0.120. The first-order valence-corrected chi connectivity index (χ1v) is 8.58. The molecule has 2 aromatic rings. The number of amides is 1. The molecule has 0 bridgehead atoms. The van der Waals surface area contributed by atoms with Gasteiger partial charge in [-0.25, -0.2) is 8.42 Å². The first-order valence-electron chi connectivity index (χ1n) is 6.72. The van der Waals surface area contributed by atoms with Crippen molar-refractivity contribution < 1.29 is 13.2 Å². The highest BCUT2D eigenvalue weighted by Gasteiger charge is 2.18. The maximum absolute atomic E-state index is 12.5. The zero-order chi connectivity index (χ0) is 16.3. The van der Waals surface area contributed by atoms with E-state index in [1.54, 1.807) is 38.1 Å². The quantitative estimate of drug-likeness (QED) is 0.923. The van der Waals surface area contributed by atoms with Crippen LogP contribution in [-0.4, -0.2) is 14.3 Å². The zero-order valence-electron chi connectivity index (χ0n) is 12.2. The molecule has 0 aliphatic carbocycles.